The highest BCUT2D eigenvalue weighted by molar-refractivity contribution is 7.99. The third kappa shape index (κ3) is 5.42. The largest absolute Gasteiger partial charge is 0.368 e. The normalized spacial score (nSPS) is 15.1. The summed E-state index contributed by atoms with van der Waals surface area (Å²) in [7, 11) is 0. The first-order valence-corrected chi connectivity index (χ1v) is 13.0. The van der Waals surface area contributed by atoms with E-state index in [9.17, 15) is 0 Å². The maximum atomic E-state index is 15.1. The second-order valence-electron chi connectivity index (χ2n) is 7.85. The lowest BCUT2D eigenvalue weighted by molar-refractivity contribution is 0.575. The zero-order chi connectivity index (χ0) is 22.5. The molecule has 5 rings (SSSR count). The van der Waals surface area contributed by atoms with Crippen LogP contribution in [0.2, 0.25) is 0 Å². The first-order chi connectivity index (χ1) is 16.3. The maximum absolute atomic E-state index is 15.1. The highest BCUT2D eigenvalue weighted by atomic mass is 32.2. The van der Waals surface area contributed by atoms with Crippen molar-refractivity contribution in [2.45, 2.75) is 21.3 Å². The van der Waals surface area contributed by atoms with Crippen LogP contribution in [0.4, 0.5) is 4.39 Å². The quantitative estimate of drug-likeness (QED) is 0.444. The van der Waals surface area contributed by atoms with Crippen molar-refractivity contribution in [3.8, 4) is 0 Å². The van der Waals surface area contributed by atoms with Gasteiger partial charge in [-0.15, -0.1) is 23.5 Å². The van der Waals surface area contributed by atoms with E-state index < -0.39 is 0 Å². The van der Waals surface area contributed by atoms with Crippen LogP contribution < -0.4 is 10.6 Å². The van der Waals surface area contributed by atoms with Gasteiger partial charge in [-0.3, -0.25) is 9.98 Å². The van der Waals surface area contributed by atoms with Crippen LogP contribution in [-0.2, 0) is 11.5 Å². The third-order valence-electron chi connectivity index (χ3n) is 5.52. The molecule has 3 aromatic carbocycles. The maximum Gasteiger partial charge on any atom is 0.150 e. The lowest BCUT2D eigenvalue weighted by Crippen LogP contribution is -2.19. The Kier molecular flexibility index (Phi) is 6.98. The van der Waals surface area contributed by atoms with Crippen molar-refractivity contribution in [1.82, 2.24) is 10.6 Å². The smallest absolute Gasteiger partial charge is 0.150 e. The van der Waals surface area contributed by atoms with E-state index in [2.05, 4.69) is 69.1 Å². The number of aliphatic imine (C=N–C) groups is 2. The van der Waals surface area contributed by atoms with Crippen LogP contribution in [0.1, 0.15) is 22.3 Å². The van der Waals surface area contributed by atoms with Crippen molar-refractivity contribution < 1.29 is 4.39 Å². The van der Waals surface area contributed by atoms with Gasteiger partial charge in [0.1, 0.15) is 17.5 Å². The molecule has 0 aromatic heterocycles. The minimum absolute atomic E-state index is 0.130. The molecule has 2 N–H and O–H groups in total. The van der Waals surface area contributed by atoms with Gasteiger partial charge in [0, 0.05) is 45.5 Å². The molecule has 2 heterocycles. The van der Waals surface area contributed by atoms with E-state index in [1.165, 1.54) is 34.7 Å². The van der Waals surface area contributed by atoms with Gasteiger partial charge in [-0.25, -0.2) is 4.39 Å². The lowest BCUT2D eigenvalue weighted by Gasteiger charge is -2.09. The van der Waals surface area contributed by atoms with Gasteiger partial charge in [0.2, 0.25) is 0 Å². The molecule has 0 radical (unpaired) electrons. The zero-order valence-corrected chi connectivity index (χ0v) is 19.8. The van der Waals surface area contributed by atoms with E-state index in [1.54, 1.807) is 0 Å². The fourth-order valence-electron chi connectivity index (χ4n) is 3.74. The van der Waals surface area contributed by atoms with E-state index in [0.29, 0.717) is 9.79 Å². The zero-order valence-electron chi connectivity index (χ0n) is 18.2. The summed E-state index contributed by atoms with van der Waals surface area (Å²) in [4.78, 5) is 10.3. The molecular weight excluding hydrogens is 451 g/mol. The number of nitrogens with zero attached hydrogens (tertiary/aromatic N) is 2. The van der Waals surface area contributed by atoms with Gasteiger partial charge in [-0.2, -0.15) is 0 Å². The lowest BCUT2D eigenvalue weighted by atomic mass is 10.1. The number of benzene rings is 3. The molecule has 0 saturated heterocycles. The average Bonchev–Trinajstić information content (AvgIpc) is 3.58. The highest BCUT2D eigenvalue weighted by Crippen LogP contribution is 2.33. The second-order valence-corrected chi connectivity index (χ2v) is 9.89. The molecule has 2 aliphatic rings. The third-order valence-corrected chi connectivity index (χ3v) is 7.73. The van der Waals surface area contributed by atoms with Crippen LogP contribution in [0.5, 0.6) is 0 Å². The summed E-state index contributed by atoms with van der Waals surface area (Å²) in [6.07, 6.45) is 0. The van der Waals surface area contributed by atoms with Crippen molar-refractivity contribution in [2.24, 2.45) is 9.98 Å². The van der Waals surface area contributed by atoms with Crippen molar-refractivity contribution in [1.29, 1.82) is 0 Å². The molecule has 0 bridgehead atoms. The summed E-state index contributed by atoms with van der Waals surface area (Å²) < 4.78 is 15.1. The average molecular weight is 477 g/mol. The van der Waals surface area contributed by atoms with Gasteiger partial charge in [-0.05, 0) is 23.3 Å². The molecule has 2 aliphatic heterocycles. The van der Waals surface area contributed by atoms with Crippen molar-refractivity contribution in [2.75, 3.05) is 26.2 Å². The second kappa shape index (κ2) is 10.4. The predicted octanol–water partition coefficient (Wildman–Crippen LogP) is 5.11. The molecule has 7 heteroatoms. The Morgan fingerprint density at radius 2 is 1.12 bits per heavy atom. The van der Waals surface area contributed by atoms with Gasteiger partial charge >= 0.3 is 0 Å². The Hall–Kier alpha value is -2.77. The van der Waals surface area contributed by atoms with Gasteiger partial charge in [0.05, 0.1) is 13.1 Å². The van der Waals surface area contributed by atoms with Crippen LogP contribution in [-0.4, -0.2) is 37.9 Å². The predicted molar refractivity (Wildman–Crippen MR) is 137 cm³/mol. The monoisotopic (exact) mass is 476 g/mol. The molecule has 3 aromatic rings. The van der Waals surface area contributed by atoms with Crippen LogP contribution in [0.3, 0.4) is 0 Å². The van der Waals surface area contributed by atoms with E-state index in [4.69, 9.17) is 0 Å². The minimum atomic E-state index is -0.130. The van der Waals surface area contributed by atoms with E-state index in [-0.39, 0.29) is 5.82 Å². The summed E-state index contributed by atoms with van der Waals surface area (Å²) >= 11 is 3.07. The molecule has 4 nitrogen and oxygen atoms in total. The summed E-state index contributed by atoms with van der Waals surface area (Å²) in [6, 6.07) is 22.4. The van der Waals surface area contributed by atoms with Gasteiger partial charge in [0.25, 0.3) is 0 Å². The molecule has 0 aliphatic carbocycles. The molecule has 0 fully saturated rings. The number of hydrogen-bond donors (Lipinski definition) is 2. The fourth-order valence-corrected chi connectivity index (χ4v) is 5.65. The Labute approximate surface area is 202 Å². The minimum Gasteiger partial charge on any atom is -0.368 e. The molecule has 0 amide bonds. The van der Waals surface area contributed by atoms with Gasteiger partial charge in [-0.1, -0.05) is 54.6 Å². The molecule has 0 unspecified atom stereocenters. The Bertz CT molecular complexity index is 1080. The summed E-state index contributed by atoms with van der Waals surface area (Å²) in [5, 5.41) is 6.58. The van der Waals surface area contributed by atoms with Crippen LogP contribution in [0, 0.1) is 5.82 Å². The number of hydrogen-bond acceptors (Lipinski definition) is 6. The first-order valence-electron chi connectivity index (χ1n) is 11.1. The molecule has 0 spiro atoms. The summed E-state index contributed by atoms with van der Waals surface area (Å²) in [5.41, 5.74) is 4.54. The molecule has 0 atom stereocenters. The van der Waals surface area contributed by atoms with E-state index >= 15 is 4.39 Å². The standard InChI is InChI=1S/C26H25FN4S2/c27-24-22(32-16-18-4-8-20(9-5-18)25-28-12-13-29-25)2-1-3-23(24)33-17-19-6-10-21(11-7-19)26-30-14-15-31-26/h1-11H,12-17H2,(H,28,29)(H,30,31). The first kappa shape index (κ1) is 22.0. The number of thioether (sulfide) groups is 2. The number of nitrogens with one attached hydrogen (secondary N) is 2. The molecule has 0 saturated carbocycles. The Balaban J connectivity index is 1.18. The molecule has 168 valence electrons. The van der Waals surface area contributed by atoms with Crippen LogP contribution >= 0.6 is 23.5 Å². The van der Waals surface area contributed by atoms with E-state index in [1.807, 2.05) is 18.2 Å². The summed E-state index contributed by atoms with van der Waals surface area (Å²) in [6.45, 7) is 3.47. The number of halogens is 1. The van der Waals surface area contributed by atoms with Gasteiger partial charge in [0.15, 0.2) is 0 Å². The Morgan fingerprint density at radius 3 is 1.52 bits per heavy atom. The topological polar surface area (TPSA) is 48.8 Å². The number of amidine groups is 2. The van der Waals surface area contributed by atoms with Crippen molar-refractivity contribution in [3.05, 3.63) is 94.8 Å². The van der Waals surface area contributed by atoms with E-state index in [0.717, 1.165) is 60.5 Å². The van der Waals surface area contributed by atoms with Crippen molar-refractivity contribution >= 4 is 35.2 Å². The fraction of sp³-hybridized carbons (Fsp3) is 0.231. The van der Waals surface area contributed by atoms with Crippen molar-refractivity contribution in [3.63, 3.8) is 0 Å². The summed E-state index contributed by atoms with van der Waals surface area (Å²) in [5.74, 6) is 3.25. The van der Waals surface area contributed by atoms with Crippen LogP contribution in [0.25, 0.3) is 0 Å². The SMILES string of the molecule is Fc1c(SCc2ccc(C3=NCCN3)cc2)cccc1SCc1ccc(C2=NCCN2)cc1. The Morgan fingerprint density at radius 1 is 0.667 bits per heavy atom. The highest BCUT2D eigenvalue weighted by Gasteiger charge is 2.12. The van der Waals surface area contributed by atoms with Gasteiger partial charge < -0.3 is 10.6 Å². The molecule has 33 heavy (non-hydrogen) atoms. The number of rotatable bonds is 8. The van der Waals surface area contributed by atoms with Crippen LogP contribution in [0.15, 0.2) is 86.5 Å². The molecular formula is C26H25FN4S2.